The quantitative estimate of drug-likeness (QED) is 0.523. The number of carbonyl (C=O) groups excluding carboxylic acids is 1. The lowest BCUT2D eigenvalue weighted by molar-refractivity contribution is 0.0994. The fourth-order valence-corrected chi connectivity index (χ4v) is 3.92. The highest BCUT2D eigenvalue weighted by Gasteiger charge is 2.21. The molecule has 0 radical (unpaired) electrons. The molecule has 1 saturated heterocycles. The SMILES string of the molecule is C1CCNCC1.Cc1c(C(N)=O)nn(-c2ccc(Cl)cc2Cl)c1-c1ccc(Cl)cc1. The summed E-state index contributed by atoms with van der Waals surface area (Å²) in [6.07, 6.45) is 4.22. The van der Waals surface area contributed by atoms with Crippen LogP contribution < -0.4 is 11.1 Å². The zero-order valence-electron chi connectivity index (χ0n) is 16.6. The minimum absolute atomic E-state index is 0.186. The van der Waals surface area contributed by atoms with Crippen molar-refractivity contribution in [2.45, 2.75) is 26.2 Å². The molecule has 0 bridgehead atoms. The van der Waals surface area contributed by atoms with Gasteiger partial charge in [-0.3, -0.25) is 4.79 Å². The first kappa shape index (κ1) is 22.6. The summed E-state index contributed by atoms with van der Waals surface area (Å²) in [5.74, 6) is -0.605. The second-order valence-electron chi connectivity index (χ2n) is 7.01. The van der Waals surface area contributed by atoms with Gasteiger partial charge in [0.15, 0.2) is 5.69 Å². The van der Waals surface area contributed by atoms with Gasteiger partial charge in [0.05, 0.1) is 16.4 Å². The van der Waals surface area contributed by atoms with Crippen LogP contribution >= 0.6 is 34.8 Å². The van der Waals surface area contributed by atoms with Gasteiger partial charge in [-0.25, -0.2) is 4.68 Å². The molecule has 8 heteroatoms. The van der Waals surface area contributed by atoms with Crippen LogP contribution in [0, 0.1) is 6.92 Å². The second kappa shape index (κ2) is 10.3. The molecule has 30 heavy (non-hydrogen) atoms. The predicted octanol–water partition coefficient (Wildman–Crippen LogP) is 5.67. The molecule has 4 rings (SSSR count). The number of carbonyl (C=O) groups is 1. The summed E-state index contributed by atoms with van der Waals surface area (Å²) in [7, 11) is 0. The smallest absolute Gasteiger partial charge is 0.269 e. The average Bonchev–Trinajstić information content (AvgIpc) is 3.07. The van der Waals surface area contributed by atoms with Gasteiger partial charge in [0, 0.05) is 21.2 Å². The van der Waals surface area contributed by atoms with Crippen LogP contribution in [-0.2, 0) is 0 Å². The van der Waals surface area contributed by atoms with Gasteiger partial charge in [0.25, 0.3) is 5.91 Å². The maximum Gasteiger partial charge on any atom is 0.269 e. The molecule has 0 aliphatic carbocycles. The standard InChI is InChI=1S/C17H12Cl3N3O.C5H11N/c1-9-15(17(21)24)22-23(14-7-6-12(19)8-13(14)20)16(9)10-2-4-11(18)5-3-10;1-2-4-6-5-3-1/h2-8H,1H3,(H2,21,24);6H,1-5H2. The van der Waals surface area contributed by atoms with Crippen molar-refractivity contribution in [3.05, 3.63) is 68.8 Å². The topological polar surface area (TPSA) is 72.9 Å². The monoisotopic (exact) mass is 464 g/mol. The number of nitrogens with zero attached hydrogens (tertiary/aromatic N) is 2. The van der Waals surface area contributed by atoms with E-state index in [9.17, 15) is 4.79 Å². The van der Waals surface area contributed by atoms with Gasteiger partial charge in [-0.05, 0) is 63.2 Å². The molecule has 3 aromatic rings. The van der Waals surface area contributed by atoms with Crippen molar-refractivity contribution >= 4 is 40.7 Å². The van der Waals surface area contributed by atoms with Crippen LogP contribution in [-0.4, -0.2) is 28.8 Å². The van der Waals surface area contributed by atoms with Crippen LogP contribution in [0.5, 0.6) is 0 Å². The summed E-state index contributed by atoms with van der Waals surface area (Å²) in [4.78, 5) is 11.7. The fraction of sp³-hybridized carbons (Fsp3) is 0.273. The Morgan fingerprint density at radius 3 is 2.13 bits per heavy atom. The molecule has 2 heterocycles. The molecule has 0 spiro atoms. The summed E-state index contributed by atoms with van der Waals surface area (Å²) in [6, 6.07) is 12.3. The number of nitrogens with two attached hydrogens (primary N) is 1. The first-order valence-electron chi connectivity index (χ1n) is 9.70. The Labute approximate surface area is 191 Å². The minimum atomic E-state index is -0.605. The van der Waals surface area contributed by atoms with E-state index in [1.54, 1.807) is 41.9 Å². The van der Waals surface area contributed by atoms with Gasteiger partial charge in [-0.1, -0.05) is 53.4 Å². The van der Waals surface area contributed by atoms with Crippen LogP contribution in [0.25, 0.3) is 16.9 Å². The van der Waals surface area contributed by atoms with Crippen molar-refractivity contribution in [3.8, 4) is 16.9 Å². The van der Waals surface area contributed by atoms with Gasteiger partial charge in [0.2, 0.25) is 0 Å². The molecule has 0 unspecified atom stereocenters. The lowest BCUT2D eigenvalue weighted by Crippen LogP contribution is -2.21. The van der Waals surface area contributed by atoms with Gasteiger partial charge >= 0.3 is 0 Å². The van der Waals surface area contributed by atoms with E-state index in [1.165, 1.54) is 32.4 Å². The zero-order valence-corrected chi connectivity index (χ0v) is 18.9. The fourth-order valence-electron chi connectivity index (χ4n) is 3.31. The molecular weight excluding hydrogens is 443 g/mol. The van der Waals surface area contributed by atoms with Crippen molar-refractivity contribution in [1.82, 2.24) is 15.1 Å². The zero-order chi connectivity index (χ0) is 21.7. The third-order valence-electron chi connectivity index (χ3n) is 4.82. The highest BCUT2D eigenvalue weighted by molar-refractivity contribution is 6.35. The number of piperidine rings is 1. The molecule has 3 N–H and O–H groups in total. The lowest BCUT2D eigenvalue weighted by Gasteiger charge is -2.11. The van der Waals surface area contributed by atoms with E-state index in [0.29, 0.717) is 32.0 Å². The molecule has 1 fully saturated rings. The summed E-state index contributed by atoms with van der Waals surface area (Å²) in [6.45, 7) is 4.29. The molecule has 1 aliphatic rings. The number of aromatic nitrogens is 2. The summed E-state index contributed by atoms with van der Waals surface area (Å²) in [5, 5.41) is 9.17. The Morgan fingerprint density at radius 1 is 1.00 bits per heavy atom. The number of rotatable bonds is 3. The number of nitrogens with one attached hydrogen (secondary N) is 1. The maximum absolute atomic E-state index is 11.7. The van der Waals surface area contributed by atoms with Gasteiger partial charge in [-0.15, -0.1) is 0 Å². The van der Waals surface area contributed by atoms with E-state index in [0.717, 1.165) is 5.56 Å². The molecule has 158 valence electrons. The number of hydrogen-bond donors (Lipinski definition) is 2. The average molecular weight is 466 g/mol. The van der Waals surface area contributed by atoms with Gasteiger partial charge in [0.1, 0.15) is 0 Å². The minimum Gasteiger partial charge on any atom is -0.364 e. The third-order valence-corrected chi connectivity index (χ3v) is 5.61. The summed E-state index contributed by atoms with van der Waals surface area (Å²) >= 11 is 18.2. The van der Waals surface area contributed by atoms with Crippen molar-refractivity contribution in [3.63, 3.8) is 0 Å². The Bertz CT molecular complexity index is 1020. The van der Waals surface area contributed by atoms with E-state index in [2.05, 4.69) is 10.4 Å². The molecule has 5 nitrogen and oxygen atoms in total. The number of hydrogen-bond acceptors (Lipinski definition) is 3. The van der Waals surface area contributed by atoms with Crippen molar-refractivity contribution in [1.29, 1.82) is 0 Å². The molecule has 0 atom stereocenters. The molecule has 1 aromatic heterocycles. The van der Waals surface area contributed by atoms with E-state index in [1.807, 2.05) is 12.1 Å². The predicted molar refractivity (Wildman–Crippen MR) is 124 cm³/mol. The second-order valence-corrected chi connectivity index (χ2v) is 8.29. The molecule has 1 amide bonds. The molecular formula is C22H23Cl3N4O. The van der Waals surface area contributed by atoms with Crippen LogP contribution in [0.4, 0.5) is 0 Å². The molecule has 0 saturated carbocycles. The largest absolute Gasteiger partial charge is 0.364 e. The summed E-state index contributed by atoms with van der Waals surface area (Å²) in [5.41, 5.74) is 8.45. The molecule has 2 aromatic carbocycles. The van der Waals surface area contributed by atoms with Crippen molar-refractivity contribution < 1.29 is 4.79 Å². The Morgan fingerprint density at radius 2 is 1.63 bits per heavy atom. The number of halogens is 3. The van der Waals surface area contributed by atoms with Crippen molar-refractivity contribution in [2.24, 2.45) is 5.73 Å². The van der Waals surface area contributed by atoms with Gasteiger partial charge < -0.3 is 11.1 Å². The van der Waals surface area contributed by atoms with Crippen molar-refractivity contribution in [2.75, 3.05) is 13.1 Å². The van der Waals surface area contributed by atoms with Crippen LogP contribution in [0.2, 0.25) is 15.1 Å². The Kier molecular flexibility index (Phi) is 7.78. The van der Waals surface area contributed by atoms with Crippen LogP contribution in [0.3, 0.4) is 0 Å². The van der Waals surface area contributed by atoms with E-state index < -0.39 is 5.91 Å². The van der Waals surface area contributed by atoms with E-state index >= 15 is 0 Å². The van der Waals surface area contributed by atoms with Gasteiger partial charge in [-0.2, -0.15) is 5.10 Å². The lowest BCUT2D eigenvalue weighted by atomic mass is 10.1. The molecule has 1 aliphatic heterocycles. The Balaban J connectivity index is 0.000000367. The highest BCUT2D eigenvalue weighted by Crippen LogP contribution is 2.33. The third kappa shape index (κ3) is 5.35. The first-order valence-corrected chi connectivity index (χ1v) is 10.8. The normalized spacial score (nSPS) is 13.5. The summed E-state index contributed by atoms with van der Waals surface area (Å²) < 4.78 is 1.59. The number of benzene rings is 2. The van der Waals surface area contributed by atoms with E-state index in [-0.39, 0.29) is 5.69 Å². The highest BCUT2D eigenvalue weighted by atomic mass is 35.5. The van der Waals surface area contributed by atoms with Crippen LogP contribution in [0.1, 0.15) is 35.3 Å². The Hall–Kier alpha value is -2.05. The van der Waals surface area contributed by atoms with E-state index in [4.69, 9.17) is 40.5 Å². The number of primary amides is 1. The first-order chi connectivity index (χ1) is 14.4. The number of amides is 1. The maximum atomic E-state index is 11.7. The van der Waals surface area contributed by atoms with Crippen LogP contribution in [0.15, 0.2) is 42.5 Å².